The summed E-state index contributed by atoms with van der Waals surface area (Å²) in [6.45, 7) is 27.4. The van der Waals surface area contributed by atoms with Crippen molar-refractivity contribution in [2.45, 2.75) is 91.6 Å². The van der Waals surface area contributed by atoms with Crippen molar-refractivity contribution in [3.05, 3.63) is 70.8 Å². The van der Waals surface area contributed by atoms with Crippen molar-refractivity contribution in [2.24, 2.45) is 21.7 Å². The van der Waals surface area contributed by atoms with Crippen LogP contribution in [0.15, 0.2) is 48.5 Å². The summed E-state index contributed by atoms with van der Waals surface area (Å²) in [7, 11) is -4.69. The van der Waals surface area contributed by atoms with Gasteiger partial charge in [-0.25, -0.2) is 0 Å². The van der Waals surface area contributed by atoms with Crippen LogP contribution in [0.3, 0.4) is 0 Å². The fourth-order valence-corrected chi connectivity index (χ4v) is 12.4. The smallest absolute Gasteiger partial charge is 0.0777 e. The molecule has 6 atom stereocenters. The summed E-state index contributed by atoms with van der Waals surface area (Å²) >= 11 is 0. The Morgan fingerprint density at radius 2 is 0.922 bits per heavy atom. The van der Waals surface area contributed by atoms with Crippen molar-refractivity contribution < 1.29 is 38.4 Å². The lowest BCUT2D eigenvalue weighted by Crippen LogP contribution is -2.75. The molecule has 2 aromatic carbocycles. The Labute approximate surface area is 307 Å². The topological polar surface area (TPSA) is 121 Å². The number of halogens is 1. The third kappa shape index (κ3) is 6.40. The van der Waals surface area contributed by atoms with Crippen LogP contribution in [0.2, 0.25) is 0 Å². The first-order valence-corrected chi connectivity index (χ1v) is 20.2. The van der Waals surface area contributed by atoms with Crippen molar-refractivity contribution in [2.75, 3.05) is 65.7 Å². The fraction of sp³-hybridized carbons (Fsp3) is 0.700. The second-order valence-electron chi connectivity index (χ2n) is 17.4. The summed E-state index contributed by atoms with van der Waals surface area (Å²) in [4.78, 5) is 11.8. The van der Waals surface area contributed by atoms with E-state index in [0.29, 0.717) is 24.2 Å². The van der Waals surface area contributed by atoms with Crippen molar-refractivity contribution >= 4 is 0 Å². The van der Waals surface area contributed by atoms with Crippen LogP contribution in [-0.2, 0) is 22.6 Å². The molecule has 2 aliphatic carbocycles. The molecular formula is C40H59ClN4O6. The third-order valence-corrected chi connectivity index (χ3v) is 14.5. The number of nitrogens with zero attached hydrogens (tertiary/aromatic N) is 4. The summed E-state index contributed by atoms with van der Waals surface area (Å²) in [5.41, 5.74) is 6.30. The highest BCUT2D eigenvalue weighted by atomic mass is 35.7. The van der Waals surface area contributed by atoms with Gasteiger partial charge in [-0.3, -0.25) is 19.6 Å². The van der Waals surface area contributed by atoms with E-state index in [2.05, 4.69) is 110 Å². The minimum Gasteiger partial charge on any atom is -0.379 e. The van der Waals surface area contributed by atoms with Gasteiger partial charge in [0.15, 0.2) is 0 Å². The van der Waals surface area contributed by atoms with Gasteiger partial charge in [-0.05, 0) is 48.6 Å². The molecule has 282 valence electrons. The van der Waals surface area contributed by atoms with Gasteiger partial charge in [0, 0.05) is 87.4 Å². The molecule has 10 nitrogen and oxygen atoms in total. The van der Waals surface area contributed by atoms with Crippen LogP contribution in [0.4, 0.5) is 0 Å². The zero-order valence-corrected chi connectivity index (χ0v) is 32.2. The van der Waals surface area contributed by atoms with E-state index >= 15 is 0 Å². The molecule has 0 radical (unpaired) electrons. The molecule has 4 saturated heterocycles. The summed E-state index contributed by atoms with van der Waals surface area (Å²) in [5, 5.41) is 0. The number of benzene rings is 2. The molecule has 8 rings (SSSR count). The SMILES string of the molecule is Cc1ccc(CN2[C@H]3C[C@H]4N(Cc5ccc(C)cc5)[C@H]5C[C@@H]2C(C)(C)[C@@]3(CN2CCOCC2)[C@@]5(CN2CCOCC2)C4(C)C)cc1.[O-][Cl+3]([O-])([O-])O. The molecule has 6 fully saturated rings. The van der Waals surface area contributed by atoms with Gasteiger partial charge in [-0.1, -0.05) is 87.4 Å². The van der Waals surface area contributed by atoms with Crippen LogP contribution >= 0.6 is 0 Å². The maximum Gasteiger partial charge on any atom is 0.0777 e. The van der Waals surface area contributed by atoms with E-state index in [0.717, 1.165) is 65.7 Å². The third-order valence-electron chi connectivity index (χ3n) is 14.5. The monoisotopic (exact) mass is 726 g/mol. The summed E-state index contributed by atoms with van der Waals surface area (Å²) in [6.07, 6.45) is 2.52. The van der Waals surface area contributed by atoms with E-state index in [1.807, 2.05) is 0 Å². The predicted molar refractivity (Wildman–Crippen MR) is 187 cm³/mol. The molecule has 4 aliphatic heterocycles. The average molecular weight is 727 g/mol. The first-order valence-electron chi connectivity index (χ1n) is 18.9. The van der Waals surface area contributed by atoms with Crippen LogP contribution in [0.5, 0.6) is 0 Å². The molecule has 2 saturated carbocycles. The molecule has 2 aromatic rings. The molecule has 51 heavy (non-hydrogen) atoms. The first kappa shape index (κ1) is 37.6. The van der Waals surface area contributed by atoms with Gasteiger partial charge < -0.3 is 9.47 Å². The zero-order chi connectivity index (χ0) is 36.4. The van der Waals surface area contributed by atoms with Gasteiger partial charge in [0.2, 0.25) is 0 Å². The number of hydrogen-bond acceptors (Lipinski definition) is 10. The number of morpholine rings is 2. The number of likely N-dealkylation sites (tertiary alicyclic amines) is 2. The minimum atomic E-state index is -4.69. The standard InChI is InChI=1S/C40H58N4O2.ClHO4/c1-29-7-11-31(12-8-29)25-43-33-23-36-40(28-42-17-21-46-22-18-42)38(5,6)34(44(36)26-32-13-9-30(2)10-14-32)24-35(43)39(40,37(33,3)4)27-41-15-19-45-20-16-41;2-1(3,4)5/h7-14,33-36H,15-28H2,1-6H3;(H,2,3,4,5)/t33-,34-,35+,36+,39-,40+;/m1./s1. The molecule has 4 heterocycles. The molecule has 11 heteroatoms. The van der Waals surface area contributed by atoms with E-state index in [1.54, 1.807) is 0 Å². The van der Waals surface area contributed by atoms with Gasteiger partial charge in [0.25, 0.3) is 0 Å². The molecule has 0 aromatic heterocycles. The summed E-state index contributed by atoms with van der Waals surface area (Å²) < 4.78 is 44.6. The Morgan fingerprint density at radius 1 is 0.608 bits per heavy atom. The second-order valence-corrected chi connectivity index (χ2v) is 18.2. The van der Waals surface area contributed by atoms with Crippen LogP contribution in [0, 0.1) is 45.8 Å². The number of rotatable bonds is 8. The lowest BCUT2D eigenvalue weighted by atomic mass is 9.35. The van der Waals surface area contributed by atoms with Gasteiger partial charge >= 0.3 is 0 Å². The average Bonchev–Trinajstić information content (AvgIpc) is 3.26. The summed E-state index contributed by atoms with van der Waals surface area (Å²) in [5.74, 6) is 0. The van der Waals surface area contributed by atoms with E-state index in [-0.39, 0.29) is 21.7 Å². The number of ether oxygens (including phenoxy) is 2. The number of aryl methyl sites for hydroxylation is 2. The Bertz CT molecular complexity index is 1390. The van der Waals surface area contributed by atoms with E-state index in [4.69, 9.17) is 28.1 Å². The second kappa shape index (κ2) is 13.9. The van der Waals surface area contributed by atoms with Crippen molar-refractivity contribution in [1.82, 2.24) is 19.6 Å². The van der Waals surface area contributed by atoms with Gasteiger partial charge in [-0.15, -0.1) is 0 Å². The normalized spacial score (nSPS) is 34.8. The maximum atomic E-state index is 8.60. The maximum absolute atomic E-state index is 8.60. The number of hydrogen-bond donors (Lipinski definition) is 1. The van der Waals surface area contributed by atoms with Crippen molar-refractivity contribution in [1.29, 1.82) is 0 Å². The molecular weight excluding hydrogens is 668 g/mol. The lowest BCUT2D eigenvalue weighted by Gasteiger charge is -2.69. The van der Waals surface area contributed by atoms with Crippen LogP contribution in [0.1, 0.15) is 62.8 Å². The van der Waals surface area contributed by atoms with Gasteiger partial charge in [-0.2, -0.15) is 14.0 Å². The molecule has 0 spiro atoms. The van der Waals surface area contributed by atoms with Crippen molar-refractivity contribution in [3.8, 4) is 0 Å². The molecule has 0 amide bonds. The van der Waals surface area contributed by atoms with Crippen LogP contribution < -0.4 is 14.0 Å². The van der Waals surface area contributed by atoms with Crippen LogP contribution in [-0.4, -0.2) is 114 Å². The van der Waals surface area contributed by atoms with E-state index in [1.165, 1.54) is 48.2 Å². The quantitative estimate of drug-likeness (QED) is 0.429. The Balaban J connectivity index is 0.000000761. The van der Waals surface area contributed by atoms with E-state index < -0.39 is 10.2 Å². The highest BCUT2D eigenvalue weighted by Crippen LogP contribution is 2.80. The predicted octanol–water partition coefficient (Wildman–Crippen LogP) is 1.48. The zero-order valence-electron chi connectivity index (χ0n) is 31.5. The Kier molecular flexibility index (Phi) is 10.2. The van der Waals surface area contributed by atoms with Gasteiger partial charge in [0.05, 0.1) is 41.3 Å². The molecule has 4 bridgehead atoms. The minimum absolute atomic E-state index is 0.149. The van der Waals surface area contributed by atoms with Crippen LogP contribution in [0.25, 0.3) is 0 Å². The summed E-state index contributed by atoms with van der Waals surface area (Å²) in [6, 6.07) is 21.1. The Morgan fingerprint density at radius 3 is 1.24 bits per heavy atom. The number of fused-ring (bicyclic) bond motifs is 2. The van der Waals surface area contributed by atoms with Crippen molar-refractivity contribution in [3.63, 3.8) is 0 Å². The first-order chi connectivity index (χ1) is 24.1. The largest absolute Gasteiger partial charge is 0.379 e. The van der Waals surface area contributed by atoms with E-state index in [9.17, 15) is 0 Å². The van der Waals surface area contributed by atoms with Gasteiger partial charge in [0.1, 0.15) is 0 Å². The fourth-order valence-electron chi connectivity index (χ4n) is 12.4. The molecule has 1 N–H and O–H groups in total. The lowest BCUT2D eigenvalue weighted by molar-refractivity contribution is -1.92. The Hall–Kier alpha value is -1.67. The molecule has 0 unspecified atom stereocenters. The highest BCUT2D eigenvalue weighted by Gasteiger charge is 2.85. The molecule has 6 aliphatic rings. The highest BCUT2D eigenvalue weighted by molar-refractivity contribution is 5.38.